The summed E-state index contributed by atoms with van der Waals surface area (Å²) in [6.45, 7) is 0. The Morgan fingerprint density at radius 1 is 1.00 bits per heavy atom. The van der Waals surface area contributed by atoms with E-state index >= 15 is 0 Å². The van der Waals surface area contributed by atoms with E-state index in [2.05, 4.69) is 11.1 Å². The standard InChI is InChI=1S/C19H13ClN2O2S/c1-25(23,24)17-8-4-14(5-9-17)18-10-13(11-21)12-22-19(18)15-2-6-16(20)7-3-15/h2-10,12H,1H3. The third-order valence-corrected chi connectivity index (χ3v) is 5.11. The number of aromatic nitrogens is 1. The van der Waals surface area contributed by atoms with Crippen LogP contribution in [0.2, 0.25) is 5.02 Å². The summed E-state index contributed by atoms with van der Waals surface area (Å²) >= 11 is 5.94. The lowest BCUT2D eigenvalue weighted by Gasteiger charge is -2.10. The highest BCUT2D eigenvalue weighted by atomic mass is 35.5. The molecule has 3 rings (SSSR count). The smallest absolute Gasteiger partial charge is 0.175 e. The minimum Gasteiger partial charge on any atom is -0.254 e. The summed E-state index contributed by atoms with van der Waals surface area (Å²) in [5.41, 5.74) is 3.52. The summed E-state index contributed by atoms with van der Waals surface area (Å²) in [7, 11) is -3.26. The zero-order chi connectivity index (χ0) is 18.0. The second-order valence-electron chi connectivity index (χ2n) is 5.54. The van der Waals surface area contributed by atoms with Crippen molar-refractivity contribution in [2.45, 2.75) is 4.90 Å². The van der Waals surface area contributed by atoms with Crippen LogP contribution < -0.4 is 0 Å². The molecule has 1 aromatic heterocycles. The molecule has 0 amide bonds. The molecule has 0 bridgehead atoms. The van der Waals surface area contributed by atoms with Gasteiger partial charge in [0, 0.05) is 28.6 Å². The Morgan fingerprint density at radius 2 is 1.60 bits per heavy atom. The number of benzene rings is 2. The van der Waals surface area contributed by atoms with Crippen LogP contribution in [-0.4, -0.2) is 19.7 Å². The van der Waals surface area contributed by atoms with Crippen LogP contribution in [0.3, 0.4) is 0 Å². The van der Waals surface area contributed by atoms with Gasteiger partial charge >= 0.3 is 0 Å². The lowest BCUT2D eigenvalue weighted by atomic mass is 9.98. The molecule has 0 saturated carbocycles. The first kappa shape index (κ1) is 17.2. The number of hydrogen-bond acceptors (Lipinski definition) is 4. The molecule has 0 spiro atoms. The van der Waals surface area contributed by atoms with E-state index in [1.165, 1.54) is 12.5 Å². The summed E-state index contributed by atoms with van der Waals surface area (Å²) in [6, 6.07) is 17.6. The normalized spacial score (nSPS) is 11.1. The molecule has 1 heterocycles. The maximum absolute atomic E-state index is 11.6. The second-order valence-corrected chi connectivity index (χ2v) is 7.99. The third kappa shape index (κ3) is 3.71. The van der Waals surface area contributed by atoms with Crippen LogP contribution in [0.25, 0.3) is 22.4 Å². The van der Waals surface area contributed by atoms with Gasteiger partial charge in [0.15, 0.2) is 9.84 Å². The first-order valence-corrected chi connectivity index (χ1v) is 9.62. The van der Waals surface area contributed by atoms with Gasteiger partial charge in [0.05, 0.1) is 16.2 Å². The molecule has 124 valence electrons. The topological polar surface area (TPSA) is 70.8 Å². The fourth-order valence-electron chi connectivity index (χ4n) is 2.47. The number of nitriles is 1. The van der Waals surface area contributed by atoms with E-state index in [9.17, 15) is 13.7 Å². The Kier molecular flexibility index (Phi) is 4.58. The van der Waals surface area contributed by atoms with E-state index in [-0.39, 0.29) is 4.90 Å². The first-order chi connectivity index (χ1) is 11.9. The number of sulfone groups is 1. The van der Waals surface area contributed by atoms with Gasteiger partial charge < -0.3 is 0 Å². The zero-order valence-corrected chi connectivity index (χ0v) is 14.8. The van der Waals surface area contributed by atoms with Crippen LogP contribution in [0.1, 0.15) is 5.56 Å². The summed E-state index contributed by atoms with van der Waals surface area (Å²) in [4.78, 5) is 4.66. The van der Waals surface area contributed by atoms with Crippen LogP contribution in [0.15, 0.2) is 65.7 Å². The Balaban J connectivity index is 2.17. The molecule has 0 unspecified atom stereocenters. The molecule has 0 aliphatic rings. The highest BCUT2D eigenvalue weighted by Gasteiger charge is 2.12. The van der Waals surface area contributed by atoms with Crippen molar-refractivity contribution in [3.8, 4) is 28.5 Å². The van der Waals surface area contributed by atoms with E-state index in [0.29, 0.717) is 16.3 Å². The maximum atomic E-state index is 11.6. The van der Waals surface area contributed by atoms with E-state index in [1.54, 1.807) is 42.5 Å². The predicted octanol–water partition coefficient (Wildman–Crippen LogP) is 4.34. The lowest BCUT2D eigenvalue weighted by molar-refractivity contribution is 0.602. The molecule has 0 aliphatic carbocycles. The molecule has 0 saturated heterocycles. The molecule has 0 N–H and O–H groups in total. The van der Waals surface area contributed by atoms with Gasteiger partial charge in [-0.1, -0.05) is 35.9 Å². The highest BCUT2D eigenvalue weighted by molar-refractivity contribution is 7.90. The molecular weight excluding hydrogens is 356 g/mol. The molecule has 0 radical (unpaired) electrons. The third-order valence-electron chi connectivity index (χ3n) is 3.73. The van der Waals surface area contributed by atoms with Gasteiger partial charge in [0.25, 0.3) is 0 Å². The maximum Gasteiger partial charge on any atom is 0.175 e. The van der Waals surface area contributed by atoms with Crippen LogP contribution in [-0.2, 0) is 9.84 Å². The van der Waals surface area contributed by atoms with Crippen molar-refractivity contribution < 1.29 is 8.42 Å². The molecule has 6 heteroatoms. The molecule has 0 aliphatic heterocycles. The van der Waals surface area contributed by atoms with E-state index in [0.717, 1.165) is 16.7 Å². The van der Waals surface area contributed by atoms with Crippen LogP contribution in [0.5, 0.6) is 0 Å². The summed E-state index contributed by atoms with van der Waals surface area (Å²) in [5, 5.41) is 9.79. The highest BCUT2D eigenvalue weighted by Crippen LogP contribution is 2.32. The quantitative estimate of drug-likeness (QED) is 0.689. The number of halogens is 1. The minimum absolute atomic E-state index is 0.244. The van der Waals surface area contributed by atoms with Gasteiger partial charge in [-0.05, 0) is 35.9 Å². The molecule has 0 fully saturated rings. The SMILES string of the molecule is CS(=O)(=O)c1ccc(-c2cc(C#N)cnc2-c2ccc(Cl)cc2)cc1. The van der Waals surface area contributed by atoms with Crippen LogP contribution in [0.4, 0.5) is 0 Å². The summed E-state index contributed by atoms with van der Waals surface area (Å²) in [5.74, 6) is 0. The second kappa shape index (κ2) is 6.67. The van der Waals surface area contributed by atoms with E-state index in [4.69, 9.17) is 11.6 Å². The Bertz CT molecular complexity index is 1070. The van der Waals surface area contributed by atoms with E-state index in [1.807, 2.05) is 12.1 Å². The van der Waals surface area contributed by atoms with E-state index < -0.39 is 9.84 Å². The van der Waals surface area contributed by atoms with Gasteiger partial charge in [0.2, 0.25) is 0 Å². The van der Waals surface area contributed by atoms with Crippen molar-refractivity contribution in [2.24, 2.45) is 0 Å². The van der Waals surface area contributed by atoms with Gasteiger partial charge in [0.1, 0.15) is 6.07 Å². The molecule has 0 atom stereocenters. The number of hydrogen-bond donors (Lipinski definition) is 0. The van der Waals surface area contributed by atoms with Gasteiger partial charge in [-0.25, -0.2) is 8.42 Å². The Hall–Kier alpha value is -2.68. The Morgan fingerprint density at radius 3 is 2.16 bits per heavy atom. The van der Waals surface area contributed by atoms with Crippen LogP contribution >= 0.6 is 11.6 Å². The summed E-state index contributed by atoms with van der Waals surface area (Å²) < 4.78 is 23.3. The van der Waals surface area contributed by atoms with Gasteiger partial charge in [-0.15, -0.1) is 0 Å². The molecule has 25 heavy (non-hydrogen) atoms. The van der Waals surface area contributed by atoms with Gasteiger partial charge in [-0.2, -0.15) is 5.26 Å². The molecule has 3 aromatic rings. The first-order valence-electron chi connectivity index (χ1n) is 7.35. The monoisotopic (exact) mass is 368 g/mol. The average molecular weight is 369 g/mol. The van der Waals surface area contributed by atoms with Crippen molar-refractivity contribution in [1.82, 2.24) is 4.98 Å². The van der Waals surface area contributed by atoms with Crippen molar-refractivity contribution in [3.05, 3.63) is 71.4 Å². The number of nitrogens with zero attached hydrogens (tertiary/aromatic N) is 2. The molecule has 2 aromatic carbocycles. The average Bonchev–Trinajstić information content (AvgIpc) is 2.61. The lowest BCUT2D eigenvalue weighted by Crippen LogP contribution is -1.97. The Labute approximate surface area is 151 Å². The zero-order valence-electron chi connectivity index (χ0n) is 13.3. The van der Waals surface area contributed by atoms with Gasteiger partial charge in [-0.3, -0.25) is 4.98 Å². The molecular formula is C19H13ClN2O2S. The number of rotatable bonds is 3. The molecule has 4 nitrogen and oxygen atoms in total. The fraction of sp³-hybridized carbons (Fsp3) is 0.0526. The van der Waals surface area contributed by atoms with Crippen molar-refractivity contribution >= 4 is 21.4 Å². The fourth-order valence-corrected chi connectivity index (χ4v) is 3.22. The van der Waals surface area contributed by atoms with Crippen LogP contribution in [0, 0.1) is 11.3 Å². The van der Waals surface area contributed by atoms with Crippen molar-refractivity contribution in [3.63, 3.8) is 0 Å². The van der Waals surface area contributed by atoms with Crippen molar-refractivity contribution in [2.75, 3.05) is 6.26 Å². The summed E-state index contributed by atoms with van der Waals surface area (Å²) in [6.07, 6.45) is 2.68. The minimum atomic E-state index is -3.26. The largest absolute Gasteiger partial charge is 0.254 e. The number of pyridine rings is 1. The predicted molar refractivity (Wildman–Crippen MR) is 97.9 cm³/mol. The van der Waals surface area contributed by atoms with Crippen molar-refractivity contribution in [1.29, 1.82) is 5.26 Å².